The molecule has 0 aliphatic heterocycles. The van der Waals surface area contributed by atoms with Gasteiger partial charge >= 0.3 is 0 Å². The van der Waals surface area contributed by atoms with Crippen LogP contribution in [0.25, 0.3) is 0 Å². The molecule has 0 spiro atoms. The fourth-order valence-electron chi connectivity index (χ4n) is 0.884. The first-order valence-electron chi connectivity index (χ1n) is 4.03. The summed E-state index contributed by atoms with van der Waals surface area (Å²) in [7, 11) is 0. The van der Waals surface area contributed by atoms with Gasteiger partial charge in [-0.3, -0.25) is 0 Å². The fourth-order valence-corrected chi connectivity index (χ4v) is 1.42. The number of halogens is 3. The van der Waals surface area contributed by atoms with Crippen LogP contribution in [0.5, 0.6) is 5.75 Å². The summed E-state index contributed by atoms with van der Waals surface area (Å²) in [6, 6.07) is 2.46. The monoisotopic (exact) mass is 282 g/mol. The predicted molar refractivity (Wildman–Crippen MR) is 58.0 cm³/mol. The zero-order valence-corrected chi connectivity index (χ0v) is 9.75. The summed E-state index contributed by atoms with van der Waals surface area (Å²) in [5.74, 6) is -1.29. The van der Waals surface area contributed by atoms with Crippen molar-refractivity contribution < 1.29 is 13.5 Å². The van der Waals surface area contributed by atoms with E-state index in [1.165, 1.54) is 6.07 Å². The Bertz CT molecular complexity index is 320. The van der Waals surface area contributed by atoms with E-state index in [1.807, 2.05) is 0 Å². The van der Waals surface area contributed by atoms with Gasteiger partial charge < -0.3 is 4.74 Å². The molecule has 0 aromatic heterocycles. The first-order valence-corrected chi connectivity index (χ1v) is 5.46. The lowest BCUT2D eigenvalue weighted by molar-refractivity contribution is 0.296. The van der Waals surface area contributed by atoms with Gasteiger partial charge in [-0.15, -0.1) is 0 Å². The summed E-state index contributed by atoms with van der Waals surface area (Å²) in [5, 5.41) is 0. The third-order valence-corrected chi connectivity index (χ3v) is 2.29. The van der Waals surface area contributed by atoms with E-state index in [0.717, 1.165) is 6.07 Å². The van der Waals surface area contributed by atoms with Crippen molar-refractivity contribution >= 4 is 28.6 Å². The summed E-state index contributed by atoms with van der Waals surface area (Å²) >= 11 is 7.03. The number of rotatable bonds is 4. The molecule has 0 aliphatic carbocycles. The van der Waals surface area contributed by atoms with Crippen molar-refractivity contribution in [3.8, 4) is 5.75 Å². The molecule has 0 amide bonds. The normalized spacial score (nSPS) is 10.3. The highest BCUT2D eigenvalue weighted by Gasteiger charge is 2.10. The second-order valence-corrected chi connectivity index (χ2v) is 3.99. The lowest BCUT2D eigenvalue weighted by Gasteiger charge is -2.07. The Labute approximate surface area is 95.0 Å². The molecule has 1 rings (SSSR count). The van der Waals surface area contributed by atoms with Crippen LogP contribution in [0.2, 0.25) is 0 Å². The Balaban J connectivity index is 2.75. The van der Waals surface area contributed by atoms with Crippen molar-refractivity contribution in [1.82, 2.24) is 0 Å². The van der Waals surface area contributed by atoms with Crippen LogP contribution >= 0.6 is 28.6 Å². The minimum Gasteiger partial charge on any atom is -0.490 e. The second kappa shape index (κ2) is 5.56. The molecule has 0 bridgehead atoms. The van der Waals surface area contributed by atoms with Crippen molar-refractivity contribution in [3.05, 3.63) is 28.2 Å². The van der Waals surface area contributed by atoms with Gasteiger partial charge in [0.25, 0.3) is 0 Å². The number of hydrogen-bond acceptors (Lipinski definition) is 2. The van der Waals surface area contributed by atoms with Gasteiger partial charge in [0.05, 0.1) is 6.61 Å². The van der Waals surface area contributed by atoms with Crippen LogP contribution in [-0.4, -0.2) is 12.4 Å². The Kier molecular flexibility index (Phi) is 4.68. The Morgan fingerprint density at radius 2 is 2.07 bits per heavy atom. The highest BCUT2D eigenvalue weighted by Crippen LogP contribution is 2.25. The SMILES string of the molecule is Fc1cc(Br)cc(OCCCS)c1F. The minimum absolute atomic E-state index is 0.0707. The third kappa shape index (κ3) is 3.13. The zero-order valence-electron chi connectivity index (χ0n) is 7.27. The summed E-state index contributed by atoms with van der Waals surface area (Å²) in [5.41, 5.74) is 0. The molecule has 1 aromatic rings. The summed E-state index contributed by atoms with van der Waals surface area (Å²) < 4.78 is 31.4. The Morgan fingerprint density at radius 1 is 1.36 bits per heavy atom. The van der Waals surface area contributed by atoms with Gasteiger partial charge in [-0.05, 0) is 24.3 Å². The van der Waals surface area contributed by atoms with E-state index in [9.17, 15) is 8.78 Å². The minimum atomic E-state index is -0.952. The van der Waals surface area contributed by atoms with Crippen molar-refractivity contribution in [2.45, 2.75) is 6.42 Å². The van der Waals surface area contributed by atoms with E-state index < -0.39 is 11.6 Å². The van der Waals surface area contributed by atoms with Crippen molar-refractivity contribution in [1.29, 1.82) is 0 Å². The van der Waals surface area contributed by atoms with Gasteiger partial charge in [0.2, 0.25) is 5.82 Å². The molecule has 5 heteroatoms. The number of ether oxygens (including phenoxy) is 1. The van der Waals surface area contributed by atoms with Crippen LogP contribution in [0.3, 0.4) is 0 Å². The van der Waals surface area contributed by atoms with E-state index in [0.29, 0.717) is 23.3 Å². The van der Waals surface area contributed by atoms with Gasteiger partial charge in [-0.2, -0.15) is 17.0 Å². The molecular weight excluding hydrogens is 274 g/mol. The predicted octanol–water partition coefficient (Wildman–Crippen LogP) is 3.43. The van der Waals surface area contributed by atoms with Crippen LogP contribution in [0.4, 0.5) is 8.78 Å². The molecule has 0 saturated carbocycles. The van der Waals surface area contributed by atoms with Crippen LogP contribution < -0.4 is 4.74 Å². The second-order valence-electron chi connectivity index (χ2n) is 2.63. The van der Waals surface area contributed by atoms with Crippen LogP contribution in [-0.2, 0) is 0 Å². The highest BCUT2D eigenvalue weighted by molar-refractivity contribution is 9.10. The molecule has 1 aromatic carbocycles. The molecule has 0 radical (unpaired) electrons. The highest BCUT2D eigenvalue weighted by atomic mass is 79.9. The van der Waals surface area contributed by atoms with Gasteiger partial charge in [0, 0.05) is 4.47 Å². The van der Waals surface area contributed by atoms with Gasteiger partial charge in [-0.25, -0.2) is 4.39 Å². The lowest BCUT2D eigenvalue weighted by atomic mass is 10.3. The van der Waals surface area contributed by atoms with Gasteiger partial charge in [-0.1, -0.05) is 15.9 Å². The first-order chi connectivity index (χ1) is 6.65. The van der Waals surface area contributed by atoms with Crippen LogP contribution in [0, 0.1) is 11.6 Å². The number of benzene rings is 1. The van der Waals surface area contributed by atoms with Gasteiger partial charge in [0.15, 0.2) is 11.6 Å². The fraction of sp³-hybridized carbons (Fsp3) is 0.333. The van der Waals surface area contributed by atoms with E-state index in [2.05, 4.69) is 28.6 Å². The average molecular weight is 283 g/mol. The molecule has 78 valence electrons. The summed E-state index contributed by atoms with van der Waals surface area (Å²) in [4.78, 5) is 0. The zero-order chi connectivity index (χ0) is 10.6. The smallest absolute Gasteiger partial charge is 0.200 e. The van der Waals surface area contributed by atoms with E-state index in [1.54, 1.807) is 0 Å². The molecule has 0 fully saturated rings. The maximum Gasteiger partial charge on any atom is 0.200 e. The topological polar surface area (TPSA) is 9.23 Å². The van der Waals surface area contributed by atoms with Crippen LogP contribution in [0.1, 0.15) is 6.42 Å². The standard InChI is InChI=1S/C9H9BrF2OS/c10-6-4-7(11)9(12)8(5-6)13-2-1-3-14/h4-5,14H,1-3H2. The molecule has 1 nitrogen and oxygen atoms in total. The summed E-state index contributed by atoms with van der Waals surface area (Å²) in [6.45, 7) is 0.330. The van der Waals surface area contributed by atoms with E-state index >= 15 is 0 Å². The Morgan fingerprint density at radius 3 is 2.71 bits per heavy atom. The van der Waals surface area contributed by atoms with Crippen molar-refractivity contribution in [3.63, 3.8) is 0 Å². The molecule has 0 N–H and O–H groups in total. The summed E-state index contributed by atoms with van der Waals surface area (Å²) in [6.07, 6.45) is 0.691. The molecule has 0 saturated heterocycles. The molecule has 0 atom stereocenters. The molecule has 0 heterocycles. The number of thiol groups is 1. The molecule has 14 heavy (non-hydrogen) atoms. The quantitative estimate of drug-likeness (QED) is 0.506. The van der Waals surface area contributed by atoms with Gasteiger partial charge in [0.1, 0.15) is 0 Å². The number of hydrogen-bond donors (Lipinski definition) is 1. The Hall–Kier alpha value is -0.290. The molecular formula is C9H9BrF2OS. The maximum atomic E-state index is 13.1. The van der Waals surface area contributed by atoms with Crippen molar-refractivity contribution in [2.24, 2.45) is 0 Å². The van der Waals surface area contributed by atoms with E-state index in [4.69, 9.17) is 4.74 Å². The largest absolute Gasteiger partial charge is 0.490 e. The van der Waals surface area contributed by atoms with Crippen molar-refractivity contribution in [2.75, 3.05) is 12.4 Å². The van der Waals surface area contributed by atoms with E-state index in [-0.39, 0.29) is 5.75 Å². The third-order valence-electron chi connectivity index (χ3n) is 1.52. The molecule has 0 aliphatic rings. The average Bonchev–Trinajstić information content (AvgIpc) is 2.13. The van der Waals surface area contributed by atoms with Crippen LogP contribution in [0.15, 0.2) is 16.6 Å². The molecule has 0 unspecified atom stereocenters. The lowest BCUT2D eigenvalue weighted by Crippen LogP contribution is -2.01. The maximum absolute atomic E-state index is 13.1. The first kappa shape index (κ1) is 11.8.